The fraction of sp³-hybridized carbons (Fsp3) is 0.0333. The Morgan fingerprint density at radius 2 is 1.11 bits per heavy atom. The molecule has 5 aromatic rings. The van der Waals surface area contributed by atoms with E-state index in [1.807, 2.05) is 84.9 Å². The van der Waals surface area contributed by atoms with Crippen molar-refractivity contribution in [1.82, 2.24) is 4.98 Å². The first-order valence-electron chi connectivity index (χ1n) is 11.5. The SMILES string of the molecule is CC(=O)Nc1ccc(-c2oc(-c3ccccc3)nc2C(=O)Nc2ccc(-c3ccccc3)cc2)cc1. The highest BCUT2D eigenvalue weighted by Crippen LogP contribution is 2.31. The number of nitrogens with zero attached hydrogens (tertiary/aromatic N) is 1. The second-order valence-corrected chi connectivity index (χ2v) is 8.22. The van der Waals surface area contributed by atoms with E-state index in [2.05, 4.69) is 15.6 Å². The van der Waals surface area contributed by atoms with Crippen molar-refractivity contribution >= 4 is 23.2 Å². The van der Waals surface area contributed by atoms with Crippen LogP contribution in [-0.4, -0.2) is 16.8 Å². The van der Waals surface area contributed by atoms with Gasteiger partial charge >= 0.3 is 0 Å². The van der Waals surface area contributed by atoms with Gasteiger partial charge in [0.05, 0.1) is 0 Å². The average molecular weight is 474 g/mol. The lowest BCUT2D eigenvalue weighted by atomic mass is 10.1. The molecule has 6 heteroatoms. The molecule has 2 N–H and O–H groups in total. The highest BCUT2D eigenvalue weighted by atomic mass is 16.4. The number of carbonyl (C=O) groups is 2. The third kappa shape index (κ3) is 5.08. The molecule has 0 atom stereocenters. The van der Waals surface area contributed by atoms with Crippen molar-refractivity contribution < 1.29 is 14.0 Å². The first-order valence-corrected chi connectivity index (χ1v) is 11.5. The van der Waals surface area contributed by atoms with Gasteiger partial charge < -0.3 is 15.1 Å². The van der Waals surface area contributed by atoms with Crippen LogP contribution in [0.25, 0.3) is 33.9 Å². The van der Waals surface area contributed by atoms with Crippen molar-refractivity contribution in [3.05, 3.63) is 115 Å². The van der Waals surface area contributed by atoms with Gasteiger partial charge in [0.1, 0.15) is 0 Å². The zero-order valence-corrected chi connectivity index (χ0v) is 19.6. The third-order valence-corrected chi connectivity index (χ3v) is 5.58. The minimum absolute atomic E-state index is 0.160. The van der Waals surface area contributed by atoms with Gasteiger partial charge in [0.2, 0.25) is 11.8 Å². The monoisotopic (exact) mass is 473 g/mol. The fourth-order valence-electron chi connectivity index (χ4n) is 3.85. The Bertz CT molecular complexity index is 1490. The van der Waals surface area contributed by atoms with Gasteiger partial charge in [0.25, 0.3) is 5.91 Å². The fourth-order valence-corrected chi connectivity index (χ4v) is 3.85. The largest absolute Gasteiger partial charge is 0.435 e. The maximum Gasteiger partial charge on any atom is 0.278 e. The van der Waals surface area contributed by atoms with Gasteiger partial charge in [-0.2, -0.15) is 0 Å². The molecule has 0 aliphatic carbocycles. The van der Waals surface area contributed by atoms with Gasteiger partial charge in [-0.25, -0.2) is 4.98 Å². The van der Waals surface area contributed by atoms with E-state index >= 15 is 0 Å². The molecule has 4 aromatic carbocycles. The van der Waals surface area contributed by atoms with Crippen molar-refractivity contribution in [3.8, 4) is 33.9 Å². The van der Waals surface area contributed by atoms with E-state index in [4.69, 9.17) is 4.42 Å². The number of benzene rings is 4. The minimum Gasteiger partial charge on any atom is -0.435 e. The van der Waals surface area contributed by atoms with E-state index in [1.165, 1.54) is 6.92 Å². The molecule has 176 valence electrons. The second-order valence-electron chi connectivity index (χ2n) is 8.22. The lowest BCUT2D eigenvalue weighted by molar-refractivity contribution is -0.114. The predicted molar refractivity (Wildman–Crippen MR) is 142 cm³/mol. The molecule has 6 nitrogen and oxygen atoms in total. The number of carbonyl (C=O) groups excluding carboxylic acids is 2. The molecule has 0 aliphatic rings. The highest BCUT2D eigenvalue weighted by molar-refractivity contribution is 6.07. The molecular formula is C30H23N3O3. The summed E-state index contributed by atoms with van der Waals surface area (Å²) < 4.78 is 6.08. The Morgan fingerprint density at radius 3 is 1.69 bits per heavy atom. The number of hydrogen-bond acceptors (Lipinski definition) is 4. The molecular weight excluding hydrogens is 450 g/mol. The second kappa shape index (κ2) is 10.1. The number of anilines is 2. The van der Waals surface area contributed by atoms with Crippen molar-refractivity contribution in [1.29, 1.82) is 0 Å². The topological polar surface area (TPSA) is 84.2 Å². The highest BCUT2D eigenvalue weighted by Gasteiger charge is 2.22. The summed E-state index contributed by atoms with van der Waals surface area (Å²) >= 11 is 0. The van der Waals surface area contributed by atoms with E-state index in [-0.39, 0.29) is 17.5 Å². The van der Waals surface area contributed by atoms with Gasteiger partial charge in [-0.1, -0.05) is 60.7 Å². The van der Waals surface area contributed by atoms with Crippen LogP contribution in [0.15, 0.2) is 114 Å². The molecule has 0 aliphatic heterocycles. The van der Waals surface area contributed by atoms with Crippen molar-refractivity contribution in [3.63, 3.8) is 0 Å². The maximum atomic E-state index is 13.3. The Morgan fingerprint density at radius 1 is 0.611 bits per heavy atom. The average Bonchev–Trinajstić information content (AvgIpc) is 3.36. The summed E-state index contributed by atoms with van der Waals surface area (Å²) in [6.45, 7) is 1.45. The van der Waals surface area contributed by atoms with Crippen molar-refractivity contribution in [2.45, 2.75) is 6.92 Å². The van der Waals surface area contributed by atoms with E-state index in [9.17, 15) is 9.59 Å². The molecule has 0 unspecified atom stereocenters. The van der Waals surface area contributed by atoms with Crippen LogP contribution in [0.4, 0.5) is 11.4 Å². The van der Waals surface area contributed by atoms with Gasteiger partial charge in [0.15, 0.2) is 11.5 Å². The molecule has 0 bridgehead atoms. The molecule has 0 fully saturated rings. The first kappa shape index (κ1) is 22.8. The van der Waals surface area contributed by atoms with Crippen LogP contribution < -0.4 is 10.6 Å². The normalized spacial score (nSPS) is 10.6. The zero-order chi connectivity index (χ0) is 24.9. The quantitative estimate of drug-likeness (QED) is 0.281. The van der Waals surface area contributed by atoms with E-state index in [0.717, 1.165) is 16.7 Å². The van der Waals surface area contributed by atoms with Gasteiger partial charge in [-0.15, -0.1) is 0 Å². The molecule has 36 heavy (non-hydrogen) atoms. The summed E-state index contributed by atoms with van der Waals surface area (Å²) in [7, 11) is 0. The smallest absolute Gasteiger partial charge is 0.278 e. The van der Waals surface area contributed by atoms with E-state index < -0.39 is 0 Å². The van der Waals surface area contributed by atoms with E-state index in [0.29, 0.717) is 28.6 Å². The summed E-state index contributed by atoms with van der Waals surface area (Å²) in [6, 6.07) is 34.2. The molecule has 0 radical (unpaired) electrons. The number of rotatable bonds is 6. The van der Waals surface area contributed by atoms with Crippen LogP contribution in [0.5, 0.6) is 0 Å². The van der Waals surface area contributed by atoms with Crippen LogP contribution in [0, 0.1) is 0 Å². The maximum absolute atomic E-state index is 13.3. The van der Waals surface area contributed by atoms with Crippen LogP contribution >= 0.6 is 0 Å². The lowest BCUT2D eigenvalue weighted by Gasteiger charge is -2.07. The number of aromatic nitrogens is 1. The lowest BCUT2D eigenvalue weighted by Crippen LogP contribution is -2.13. The summed E-state index contributed by atoms with van der Waals surface area (Å²) in [5, 5.41) is 5.67. The number of hydrogen-bond donors (Lipinski definition) is 2. The van der Waals surface area contributed by atoms with Gasteiger partial charge in [-0.05, 0) is 59.7 Å². The van der Waals surface area contributed by atoms with Crippen molar-refractivity contribution in [2.24, 2.45) is 0 Å². The summed E-state index contributed by atoms with van der Waals surface area (Å²) in [5.41, 5.74) is 5.07. The number of oxazole rings is 1. The standard InChI is InChI=1S/C30H23N3O3/c1-20(34)31-25-18-14-23(15-19-25)28-27(33-30(36-28)24-10-6-3-7-11-24)29(35)32-26-16-12-22(13-17-26)21-8-4-2-5-9-21/h2-19H,1H3,(H,31,34)(H,32,35). The number of nitrogens with one attached hydrogen (secondary N) is 2. The molecule has 2 amide bonds. The molecule has 0 saturated carbocycles. The molecule has 1 heterocycles. The Hall–Kier alpha value is -4.97. The summed E-state index contributed by atoms with van der Waals surface area (Å²) in [6.07, 6.45) is 0. The molecule has 0 spiro atoms. The third-order valence-electron chi connectivity index (χ3n) is 5.58. The van der Waals surface area contributed by atoms with Crippen LogP contribution in [0.3, 0.4) is 0 Å². The predicted octanol–water partition coefficient (Wildman–Crippen LogP) is 6.89. The molecule has 1 aromatic heterocycles. The Balaban J connectivity index is 1.45. The first-order chi connectivity index (χ1) is 17.6. The van der Waals surface area contributed by atoms with Crippen LogP contribution in [0.2, 0.25) is 0 Å². The summed E-state index contributed by atoms with van der Waals surface area (Å²) in [4.78, 5) is 29.2. The van der Waals surface area contributed by atoms with Crippen LogP contribution in [0.1, 0.15) is 17.4 Å². The van der Waals surface area contributed by atoms with Crippen molar-refractivity contribution in [2.75, 3.05) is 10.6 Å². The van der Waals surface area contributed by atoms with Gasteiger partial charge in [0, 0.05) is 29.4 Å². The minimum atomic E-state index is -0.380. The summed E-state index contributed by atoms with van der Waals surface area (Å²) in [5.74, 6) is 0.157. The van der Waals surface area contributed by atoms with Crippen LogP contribution in [-0.2, 0) is 4.79 Å². The zero-order valence-electron chi connectivity index (χ0n) is 19.6. The van der Waals surface area contributed by atoms with E-state index in [1.54, 1.807) is 24.3 Å². The number of amides is 2. The van der Waals surface area contributed by atoms with Gasteiger partial charge in [-0.3, -0.25) is 9.59 Å². The molecule has 5 rings (SSSR count). The Kier molecular flexibility index (Phi) is 6.40. The molecule has 0 saturated heterocycles. The Labute approximate surface area is 208 Å².